The van der Waals surface area contributed by atoms with Crippen molar-refractivity contribution in [1.82, 2.24) is 5.16 Å². The number of carbonyl (C=O) groups is 1. The van der Waals surface area contributed by atoms with E-state index < -0.39 is 0 Å². The first-order chi connectivity index (χ1) is 7.31. The van der Waals surface area contributed by atoms with E-state index in [9.17, 15) is 4.79 Å². The Morgan fingerprint density at radius 3 is 2.67 bits per heavy atom. The summed E-state index contributed by atoms with van der Waals surface area (Å²) in [6.07, 6.45) is 0.519. The van der Waals surface area contributed by atoms with Crippen LogP contribution in [0.25, 0.3) is 0 Å². The van der Waals surface area contributed by atoms with Gasteiger partial charge in [0, 0.05) is 11.6 Å². The molecule has 1 radical (unpaired) electrons. The van der Waals surface area contributed by atoms with E-state index in [1.165, 1.54) is 0 Å². The Hall–Kier alpha value is -1.90. The number of carbonyl (C=O) groups excluding carboxylic acids is 1. The first-order valence-corrected chi connectivity index (χ1v) is 4.66. The predicted molar refractivity (Wildman–Crippen MR) is 55.4 cm³/mol. The zero-order valence-electron chi connectivity index (χ0n) is 8.14. The number of hydrogen-bond donors (Lipinski definition) is 0. The number of benzene rings is 1. The molecular formula is C12H10NO2. The van der Waals surface area contributed by atoms with Crippen molar-refractivity contribution in [2.45, 2.75) is 6.42 Å². The normalized spacial score (nSPS) is 10.2. The summed E-state index contributed by atoms with van der Waals surface area (Å²) in [7, 11) is 0. The number of nitrogens with zero attached hydrogens (tertiary/aromatic N) is 1. The lowest BCUT2D eigenvalue weighted by molar-refractivity contribution is 0.100. The highest BCUT2D eigenvalue weighted by atomic mass is 16.5. The van der Waals surface area contributed by atoms with Crippen LogP contribution in [0.5, 0.6) is 0 Å². The minimum Gasteiger partial charge on any atom is -0.352 e. The van der Waals surface area contributed by atoms with Crippen molar-refractivity contribution in [2.75, 3.05) is 0 Å². The van der Waals surface area contributed by atoms with Crippen LogP contribution >= 0.6 is 0 Å². The fourth-order valence-corrected chi connectivity index (χ4v) is 1.27. The van der Waals surface area contributed by atoms with Crippen LogP contribution in [0.15, 0.2) is 40.9 Å². The summed E-state index contributed by atoms with van der Waals surface area (Å²) in [6, 6.07) is 10.6. The summed E-state index contributed by atoms with van der Waals surface area (Å²) < 4.78 is 4.93. The molecule has 1 heterocycles. The third kappa shape index (κ3) is 1.96. The Morgan fingerprint density at radius 1 is 1.33 bits per heavy atom. The second kappa shape index (κ2) is 4.09. The molecule has 3 nitrogen and oxygen atoms in total. The SMILES string of the molecule is [CH2]Cc1cc(C(=O)c2ccccc2)on1. The average molecular weight is 200 g/mol. The van der Waals surface area contributed by atoms with Crippen molar-refractivity contribution in [3.8, 4) is 0 Å². The van der Waals surface area contributed by atoms with Gasteiger partial charge in [0.05, 0.1) is 5.69 Å². The van der Waals surface area contributed by atoms with Gasteiger partial charge in [-0.25, -0.2) is 0 Å². The standard InChI is InChI=1S/C12H10NO2/c1-2-10-8-11(15-13-10)12(14)9-6-4-3-5-7-9/h3-8H,1-2H2. The van der Waals surface area contributed by atoms with Gasteiger partial charge in [-0.3, -0.25) is 4.79 Å². The molecule has 0 aliphatic rings. The van der Waals surface area contributed by atoms with Gasteiger partial charge in [-0.05, 0) is 13.3 Å². The smallest absolute Gasteiger partial charge is 0.231 e. The van der Waals surface area contributed by atoms with E-state index in [1.54, 1.807) is 18.2 Å². The molecule has 1 aromatic carbocycles. The summed E-state index contributed by atoms with van der Waals surface area (Å²) in [6.45, 7) is 3.67. The van der Waals surface area contributed by atoms with Crippen LogP contribution in [0.4, 0.5) is 0 Å². The minimum atomic E-state index is -0.150. The molecule has 0 aliphatic heterocycles. The fraction of sp³-hybridized carbons (Fsp3) is 0.0833. The lowest BCUT2D eigenvalue weighted by atomic mass is 10.1. The Morgan fingerprint density at radius 2 is 2.07 bits per heavy atom. The molecule has 75 valence electrons. The molecule has 0 bridgehead atoms. The molecule has 0 amide bonds. The molecule has 0 aliphatic carbocycles. The lowest BCUT2D eigenvalue weighted by Crippen LogP contribution is -1.98. The van der Waals surface area contributed by atoms with Gasteiger partial charge in [0.2, 0.25) is 11.5 Å². The molecule has 0 unspecified atom stereocenters. The number of rotatable bonds is 3. The zero-order chi connectivity index (χ0) is 10.7. The summed E-state index contributed by atoms with van der Waals surface area (Å²) in [5.41, 5.74) is 1.29. The van der Waals surface area contributed by atoms with Gasteiger partial charge >= 0.3 is 0 Å². The third-order valence-corrected chi connectivity index (χ3v) is 2.07. The molecule has 2 rings (SSSR count). The van der Waals surface area contributed by atoms with E-state index in [0.29, 0.717) is 17.7 Å². The van der Waals surface area contributed by atoms with Crippen LogP contribution < -0.4 is 0 Å². The molecule has 0 spiro atoms. The van der Waals surface area contributed by atoms with Gasteiger partial charge in [-0.2, -0.15) is 0 Å². The van der Waals surface area contributed by atoms with Gasteiger partial charge < -0.3 is 4.52 Å². The van der Waals surface area contributed by atoms with Crippen LogP contribution in [-0.4, -0.2) is 10.9 Å². The number of hydrogen-bond acceptors (Lipinski definition) is 3. The molecular weight excluding hydrogens is 190 g/mol. The highest BCUT2D eigenvalue weighted by molar-refractivity contribution is 6.07. The monoisotopic (exact) mass is 200 g/mol. The van der Waals surface area contributed by atoms with E-state index in [4.69, 9.17) is 4.52 Å². The second-order valence-electron chi connectivity index (χ2n) is 3.13. The van der Waals surface area contributed by atoms with Gasteiger partial charge in [-0.15, -0.1) is 0 Å². The van der Waals surface area contributed by atoms with Gasteiger partial charge in [0.1, 0.15) is 0 Å². The number of aromatic nitrogens is 1. The topological polar surface area (TPSA) is 43.1 Å². The van der Waals surface area contributed by atoms with Crippen molar-refractivity contribution in [3.05, 3.63) is 60.3 Å². The second-order valence-corrected chi connectivity index (χ2v) is 3.13. The Labute approximate surface area is 87.7 Å². The van der Waals surface area contributed by atoms with Crippen molar-refractivity contribution < 1.29 is 9.32 Å². The summed E-state index contributed by atoms with van der Waals surface area (Å²) >= 11 is 0. The Bertz CT molecular complexity index is 459. The molecule has 0 N–H and O–H groups in total. The summed E-state index contributed by atoms with van der Waals surface area (Å²) in [4.78, 5) is 11.8. The zero-order valence-corrected chi connectivity index (χ0v) is 8.14. The predicted octanol–water partition coefficient (Wildman–Crippen LogP) is 2.28. The van der Waals surface area contributed by atoms with Crippen molar-refractivity contribution in [1.29, 1.82) is 0 Å². The largest absolute Gasteiger partial charge is 0.352 e. The van der Waals surface area contributed by atoms with Crippen LogP contribution in [0.3, 0.4) is 0 Å². The molecule has 0 saturated heterocycles. The summed E-state index contributed by atoms with van der Waals surface area (Å²) in [5.74, 6) is 0.114. The fourth-order valence-electron chi connectivity index (χ4n) is 1.27. The lowest BCUT2D eigenvalue weighted by Gasteiger charge is -1.94. The maximum Gasteiger partial charge on any atom is 0.231 e. The van der Waals surface area contributed by atoms with Gasteiger partial charge in [0.15, 0.2) is 0 Å². The van der Waals surface area contributed by atoms with Gasteiger partial charge in [-0.1, -0.05) is 35.5 Å². The van der Waals surface area contributed by atoms with Crippen molar-refractivity contribution in [3.63, 3.8) is 0 Å². The van der Waals surface area contributed by atoms with E-state index >= 15 is 0 Å². The van der Waals surface area contributed by atoms with Crippen LogP contribution in [0, 0.1) is 6.92 Å². The first-order valence-electron chi connectivity index (χ1n) is 4.66. The molecule has 3 heteroatoms. The highest BCUT2D eigenvalue weighted by Crippen LogP contribution is 2.11. The summed E-state index contributed by atoms with van der Waals surface area (Å²) in [5, 5.41) is 3.72. The van der Waals surface area contributed by atoms with Crippen molar-refractivity contribution >= 4 is 5.78 Å². The number of ketones is 1. The molecule has 1 aromatic heterocycles. The molecule has 15 heavy (non-hydrogen) atoms. The average Bonchev–Trinajstić information content (AvgIpc) is 2.78. The van der Waals surface area contributed by atoms with E-state index in [2.05, 4.69) is 12.1 Å². The van der Waals surface area contributed by atoms with E-state index in [-0.39, 0.29) is 11.5 Å². The highest BCUT2D eigenvalue weighted by Gasteiger charge is 2.13. The molecule has 2 aromatic rings. The third-order valence-electron chi connectivity index (χ3n) is 2.07. The van der Waals surface area contributed by atoms with E-state index in [1.807, 2.05) is 18.2 Å². The molecule has 0 atom stereocenters. The molecule has 0 saturated carbocycles. The van der Waals surface area contributed by atoms with Gasteiger partial charge in [0.25, 0.3) is 0 Å². The maximum atomic E-state index is 11.8. The first kappa shape index (κ1) is 9.65. The Kier molecular flexibility index (Phi) is 2.63. The van der Waals surface area contributed by atoms with Crippen LogP contribution in [-0.2, 0) is 6.42 Å². The van der Waals surface area contributed by atoms with Crippen molar-refractivity contribution in [2.24, 2.45) is 0 Å². The Balaban J connectivity index is 2.29. The quantitative estimate of drug-likeness (QED) is 0.714. The van der Waals surface area contributed by atoms with Crippen LogP contribution in [0.2, 0.25) is 0 Å². The molecule has 0 fully saturated rings. The minimum absolute atomic E-state index is 0.150. The van der Waals surface area contributed by atoms with Crippen LogP contribution in [0.1, 0.15) is 21.8 Å². The maximum absolute atomic E-state index is 11.8. The van der Waals surface area contributed by atoms with E-state index in [0.717, 1.165) is 0 Å².